The molecule has 0 aliphatic carbocycles. The van der Waals surface area contributed by atoms with E-state index >= 15 is 0 Å². The van der Waals surface area contributed by atoms with Crippen LogP contribution in [-0.4, -0.2) is 49.1 Å². The number of piperazine rings is 1. The summed E-state index contributed by atoms with van der Waals surface area (Å²) in [7, 11) is 0. The third-order valence-electron chi connectivity index (χ3n) is 4.33. The fourth-order valence-corrected chi connectivity index (χ4v) is 3.35. The van der Waals surface area contributed by atoms with E-state index in [1.807, 2.05) is 40.8 Å². The molecular weight excluding hydrogens is 459 g/mol. The summed E-state index contributed by atoms with van der Waals surface area (Å²) in [4.78, 5) is 28.5. The molecule has 1 aromatic heterocycles. The van der Waals surface area contributed by atoms with Crippen LogP contribution in [-0.2, 0) is 14.3 Å². The topological polar surface area (TPSA) is 63.0 Å². The van der Waals surface area contributed by atoms with E-state index in [4.69, 9.17) is 9.15 Å². The molecule has 0 spiro atoms. The first kappa shape index (κ1) is 19.5. The number of furan rings is 1. The number of hydrogen-bond donors (Lipinski definition) is 0. The van der Waals surface area contributed by atoms with Crippen molar-refractivity contribution in [2.45, 2.75) is 13.0 Å². The Balaban J connectivity index is 1.47. The molecule has 2 aromatic rings. The second kappa shape index (κ2) is 9.07. The molecule has 142 valence electrons. The highest BCUT2D eigenvalue weighted by molar-refractivity contribution is 14.1. The second-order valence-electron chi connectivity index (χ2n) is 6.20. The molecule has 1 atom stereocenters. The Kier molecular flexibility index (Phi) is 6.54. The quantitative estimate of drug-likeness (QED) is 0.374. The van der Waals surface area contributed by atoms with Gasteiger partial charge in [-0.25, -0.2) is 4.79 Å². The van der Waals surface area contributed by atoms with Crippen LogP contribution in [0, 0.1) is 3.77 Å². The lowest BCUT2D eigenvalue weighted by molar-refractivity contribution is -0.155. The number of anilines is 1. The zero-order valence-electron chi connectivity index (χ0n) is 15.0. The lowest BCUT2D eigenvalue weighted by Crippen LogP contribution is -2.51. The maximum absolute atomic E-state index is 12.5. The van der Waals surface area contributed by atoms with Gasteiger partial charge in [0.25, 0.3) is 5.91 Å². The lowest BCUT2D eigenvalue weighted by atomic mass is 10.2. The van der Waals surface area contributed by atoms with Gasteiger partial charge in [0.2, 0.25) is 0 Å². The maximum atomic E-state index is 12.5. The van der Waals surface area contributed by atoms with Gasteiger partial charge in [0.1, 0.15) is 5.76 Å². The monoisotopic (exact) mass is 480 g/mol. The largest absolute Gasteiger partial charge is 0.451 e. The number of rotatable bonds is 5. The van der Waals surface area contributed by atoms with Gasteiger partial charge in [-0.1, -0.05) is 18.2 Å². The van der Waals surface area contributed by atoms with Crippen LogP contribution in [0.4, 0.5) is 5.69 Å². The van der Waals surface area contributed by atoms with Crippen LogP contribution < -0.4 is 4.90 Å². The molecule has 1 aromatic carbocycles. The van der Waals surface area contributed by atoms with Crippen LogP contribution in [0.2, 0.25) is 0 Å². The van der Waals surface area contributed by atoms with Crippen molar-refractivity contribution >= 4 is 46.2 Å². The zero-order chi connectivity index (χ0) is 19.2. The highest BCUT2D eigenvalue weighted by atomic mass is 127. The van der Waals surface area contributed by atoms with E-state index in [9.17, 15) is 9.59 Å². The van der Waals surface area contributed by atoms with Crippen molar-refractivity contribution in [2.75, 3.05) is 31.1 Å². The van der Waals surface area contributed by atoms with Gasteiger partial charge in [-0.3, -0.25) is 4.79 Å². The number of benzene rings is 1. The van der Waals surface area contributed by atoms with Gasteiger partial charge in [-0.15, -0.1) is 0 Å². The van der Waals surface area contributed by atoms with Gasteiger partial charge in [0, 0.05) is 37.9 Å². The predicted octanol–water partition coefficient (Wildman–Crippen LogP) is 3.18. The minimum Gasteiger partial charge on any atom is -0.451 e. The molecule has 1 aliphatic rings. The van der Waals surface area contributed by atoms with E-state index in [1.54, 1.807) is 24.0 Å². The summed E-state index contributed by atoms with van der Waals surface area (Å²) in [6.07, 6.45) is 1.98. The Hall–Kier alpha value is -2.29. The number of halogens is 1. The van der Waals surface area contributed by atoms with E-state index in [2.05, 4.69) is 17.0 Å². The number of amides is 1. The Bertz CT molecular complexity index is 810. The molecule has 2 heterocycles. The van der Waals surface area contributed by atoms with Crippen molar-refractivity contribution in [3.05, 3.63) is 58.1 Å². The van der Waals surface area contributed by atoms with Gasteiger partial charge in [0.05, 0.1) is 0 Å². The Morgan fingerprint density at radius 1 is 1.11 bits per heavy atom. The van der Waals surface area contributed by atoms with Gasteiger partial charge in [-0.05, 0) is 59.9 Å². The summed E-state index contributed by atoms with van der Waals surface area (Å²) in [5, 5.41) is 0. The number of para-hydroxylation sites is 1. The molecule has 6 nitrogen and oxygen atoms in total. The van der Waals surface area contributed by atoms with Crippen LogP contribution >= 0.6 is 22.6 Å². The van der Waals surface area contributed by atoms with Crippen molar-refractivity contribution in [3.63, 3.8) is 0 Å². The summed E-state index contributed by atoms with van der Waals surface area (Å²) in [5.41, 5.74) is 1.15. The first-order valence-electron chi connectivity index (χ1n) is 8.76. The van der Waals surface area contributed by atoms with E-state index in [0.29, 0.717) is 18.8 Å². The fraction of sp³-hybridized carbons (Fsp3) is 0.300. The Morgan fingerprint density at radius 3 is 2.44 bits per heavy atom. The molecule has 0 radical (unpaired) electrons. The van der Waals surface area contributed by atoms with Crippen molar-refractivity contribution in [2.24, 2.45) is 0 Å². The SMILES string of the molecule is CC(OC(=O)/C=C/c1ccc(I)o1)C(=O)N1CCN(c2ccccc2)CC1. The van der Waals surface area contributed by atoms with Crippen LogP contribution in [0.3, 0.4) is 0 Å². The van der Waals surface area contributed by atoms with Crippen LogP contribution in [0.15, 0.2) is 53.0 Å². The molecule has 1 amide bonds. The van der Waals surface area contributed by atoms with E-state index < -0.39 is 12.1 Å². The minimum atomic E-state index is -0.817. The molecule has 0 saturated carbocycles. The third-order valence-corrected chi connectivity index (χ3v) is 4.91. The summed E-state index contributed by atoms with van der Waals surface area (Å²) in [6.45, 7) is 4.33. The smallest absolute Gasteiger partial charge is 0.331 e. The van der Waals surface area contributed by atoms with Crippen molar-refractivity contribution < 1.29 is 18.7 Å². The van der Waals surface area contributed by atoms with Crippen LogP contribution in [0.5, 0.6) is 0 Å². The molecular formula is C20H21IN2O4. The highest BCUT2D eigenvalue weighted by Gasteiger charge is 2.26. The number of carbonyl (C=O) groups is 2. The predicted molar refractivity (Wildman–Crippen MR) is 111 cm³/mol. The molecule has 27 heavy (non-hydrogen) atoms. The molecule has 7 heteroatoms. The normalized spacial score (nSPS) is 15.8. The average molecular weight is 480 g/mol. The van der Waals surface area contributed by atoms with Gasteiger partial charge < -0.3 is 19.0 Å². The van der Waals surface area contributed by atoms with E-state index in [0.717, 1.165) is 22.5 Å². The van der Waals surface area contributed by atoms with Gasteiger partial charge in [-0.2, -0.15) is 0 Å². The first-order valence-corrected chi connectivity index (χ1v) is 9.83. The third kappa shape index (κ3) is 5.35. The number of ether oxygens (including phenoxy) is 1. The average Bonchev–Trinajstić information content (AvgIpc) is 3.12. The number of esters is 1. The van der Waals surface area contributed by atoms with Gasteiger partial charge >= 0.3 is 5.97 Å². The maximum Gasteiger partial charge on any atom is 0.331 e. The zero-order valence-corrected chi connectivity index (χ0v) is 17.2. The van der Waals surface area contributed by atoms with Crippen LogP contribution in [0.1, 0.15) is 12.7 Å². The first-order chi connectivity index (χ1) is 13.0. The molecule has 0 bridgehead atoms. The molecule has 3 rings (SSSR count). The van der Waals surface area contributed by atoms with E-state index in [-0.39, 0.29) is 5.91 Å². The molecule has 0 N–H and O–H groups in total. The van der Waals surface area contributed by atoms with Crippen molar-refractivity contribution in [3.8, 4) is 0 Å². The highest BCUT2D eigenvalue weighted by Crippen LogP contribution is 2.16. The Labute approximate surface area is 171 Å². The molecule has 1 fully saturated rings. The summed E-state index contributed by atoms with van der Waals surface area (Å²) < 4.78 is 11.3. The number of carbonyl (C=O) groups excluding carboxylic acids is 2. The van der Waals surface area contributed by atoms with Crippen molar-refractivity contribution in [1.29, 1.82) is 0 Å². The Morgan fingerprint density at radius 2 is 1.81 bits per heavy atom. The van der Waals surface area contributed by atoms with Gasteiger partial charge in [0.15, 0.2) is 9.87 Å². The standard InChI is InChI=1S/C20H21IN2O4/c1-15(26-19(24)10-8-17-7-9-18(21)27-17)20(25)23-13-11-22(12-14-23)16-5-3-2-4-6-16/h2-10,15H,11-14H2,1H3/b10-8+. The molecule has 1 saturated heterocycles. The summed E-state index contributed by atoms with van der Waals surface area (Å²) >= 11 is 2.05. The van der Waals surface area contributed by atoms with Crippen molar-refractivity contribution in [1.82, 2.24) is 4.90 Å². The minimum absolute atomic E-state index is 0.169. The fourth-order valence-electron chi connectivity index (χ4n) is 2.91. The van der Waals surface area contributed by atoms with E-state index in [1.165, 1.54) is 12.2 Å². The lowest BCUT2D eigenvalue weighted by Gasteiger charge is -2.36. The number of hydrogen-bond acceptors (Lipinski definition) is 5. The van der Waals surface area contributed by atoms with Crippen LogP contribution in [0.25, 0.3) is 6.08 Å². The second-order valence-corrected chi connectivity index (χ2v) is 7.27. The molecule has 1 unspecified atom stereocenters. The molecule has 1 aliphatic heterocycles. The summed E-state index contributed by atoms with van der Waals surface area (Å²) in [6, 6.07) is 13.7. The number of nitrogens with zero attached hydrogens (tertiary/aromatic N) is 2. The summed E-state index contributed by atoms with van der Waals surface area (Å²) in [5.74, 6) is -0.172.